The fourth-order valence-electron chi connectivity index (χ4n) is 2.45. The maximum absolute atomic E-state index is 10.1. The van der Waals surface area contributed by atoms with Gasteiger partial charge in [-0.3, -0.25) is 9.58 Å². The van der Waals surface area contributed by atoms with E-state index in [0.717, 1.165) is 18.5 Å². The summed E-state index contributed by atoms with van der Waals surface area (Å²) in [5, 5.41) is 14.3. The first-order chi connectivity index (χ1) is 8.78. The Morgan fingerprint density at radius 2 is 2.11 bits per heavy atom. The number of rotatable bonds is 7. The first-order valence-electron chi connectivity index (χ1n) is 6.99. The summed E-state index contributed by atoms with van der Waals surface area (Å²) in [6.45, 7) is 9.28. The van der Waals surface area contributed by atoms with Gasteiger partial charge in [-0.15, -0.1) is 0 Å². The molecule has 0 aliphatic heterocycles. The van der Waals surface area contributed by atoms with Crippen LogP contribution in [0.1, 0.15) is 45.7 Å². The highest BCUT2D eigenvalue weighted by molar-refractivity contribution is 5.13. The van der Waals surface area contributed by atoms with Crippen molar-refractivity contribution in [2.24, 2.45) is 12.8 Å². The van der Waals surface area contributed by atoms with Crippen LogP contribution in [0.2, 0.25) is 0 Å². The number of hydrogen-bond acceptors (Lipinski definition) is 4. The fraction of sp³-hybridized carbons (Fsp3) is 0.786. The Labute approximate surface area is 116 Å². The first kappa shape index (κ1) is 16.1. The highest BCUT2D eigenvalue weighted by Crippen LogP contribution is 2.26. The number of likely N-dealkylation sites (N-methyl/N-ethyl adjacent to an activating group) is 1. The summed E-state index contributed by atoms with van der Waals surface area (Å²) < 4.78 is 1.79. The number of aromatic nitrogens is 2. The van der Waals surface area contributed by atoms with Gasteiger partial charge in [0.25, 0.3) is 0 Å². The third-order valence-corrected chi connectivity index (χ3v) is 3.33. The smallest absolute Gasteiger partial charge is 0.0718 e. The highest BCUT2D eigenvalue weighted by atomic mass is 16.3. The van der Waals surface area contributed by atoms with Gasteiger partial charge in [0, 0.05) is 31.4 Å². The van der Waals surface area contributed by atoms with E-state index in [1.165, 1.54) is 0 Å². The van der Waals surface area contributed by atoms with Crippen molar-refractivity contribution in [2.75, 3.05) is 13.1 Å². The topological polar surface area (TPSA) is 67.3 Å². The monoisotopic (exact) mass is 268 g/mol. The molecule has 0 bridgehead atoms. The van der Waals surface area contributed by atoms with Gasteiger partial charge in [0.05, 0.1) is 17.8 Å². The van der Waals surface area contributed by atoms with Gasteiger partial charge in [0.2, 0.25) is 0 Å². The quantitative estimate of drug-likeness (QED) is 0.782. The van der Waals surface area contributed by atoms with Crippen LogP contribution >= 0.6 is 0 Å². The highest BCUT2D eigenvalue weighted by Gasteiger charge is 2.29. The molecule has 2 unspecified atom stereocenters. The van der Waals surface area contributed by atoms with Gasteiger partial charge in [0.15, 0.2) is 0 Å². The molecule has 0 aliphatic rings. The Bertz CT molecular complexity index is 383. The van der Waals surface area contributed by atoms with Crippen molar-refractivity contribution in [3.63, 3.8) is 0 Å². The summed E-state index contributed by atoms with van der Waals surface area (Å²) in [7, 11) is 1.91. The Hall–Kier alpha value is -0.910. The van der Waals surface area contributed by atoms with E-state index in [2.05, 4.69) is 23.8 Å². The maximum atomic E-state index is 10.1. The van der Waals surface area contributed by atoms with Crippen LogP contribution in [-0.4, -0.2) is 44.5 Å². The average Bonchev–Trinajstić information content (AvgIpc) is 2.72. The Balaban J connectivity index is 3.01. The second-order valence-corrected chi connectivity index (χ2v) is 5.84. The molecule has 1 aromatic heterocycles. The molecule has 5 heteroatoms. The molecule has 0 amide bonds. The van der Waals surface area contributed by atoms with Crippen molar-refractivity contribution in [3.8, 4) is 0 Å². The fourth-order valence-corrected chi connectivity index (χ4v) is 2.45. The van der Waals surface area contributed by atoms with Crippen LogP contribution in [0, 0.1) is 0 Å². The zero-order valence-corrected chi connectivity index (χ0v) is 12.8. The van der Waals surface area contributed by atoms with E-state index in [1.807, 2.05) is 33.3 Å². The molecular weight excluding hydrogens is 240 g/mol. The Morgan fingerprint density at radius 3 is 2.47 bits per heavy atom. The average molecular weight is 268 g/mol. The summed E-state index contributed by atoms with van der Waals surface area (Å²) in [5.41, 5.74) is 6.68. The SMILES string of the molecule is CCC(N)C(c1cnn(C)c1)N(CC)CC(C)(C)O. The van der Waals surface area contributed by atoms with Gasteiger partial charge in [-0.2, -0.15) is 5.10 Å². The van der Waals surface area contributed by atoms with E-state index in [9.17, 15) is 5.11 Å². The molecule has 2 atom stereocenters. The van der Waals surface area contributed by atoms with Crippen LogP contribution in [0.15, 0.2) is 12.4 Å². The van der Waals surface area contributed by atoms with E-state index >= 15 is 0 Å². The minimum atomic E-state index is -0.732. The lowest BCUT2D eigenvalue weighted by Gasteiger charge is -2.37. The number of aliphatic hydroxyl groups is 1. The van der Waals surface area contributed by atoms with Gasteiger partial charge in [-0.25, -0.2) is 0 Å². The molecule has 0 saturated heterocycles. The van der Waals surface area contributed by atoms with E-state index in [0.29, 0.717) is 6.54 Å². The normalized spacial score (nSPS) is 15.8. The number of aryl methyl sites for hydroxylation is 1. The molecule has 0 aromatic carbocycles. The second-order valence-electron chi connectivity index (χ2n) is 5.84. The molecule has 1 aromatic rings. The van der Waals surface area contributed by atoms with Gasteiger partial charge in [-0.1, -0.05) is 13.8 Å². The number of nitrogens with zero attached hydrogens (tertiary/aromatic N) is 3. The molecule has 110 valence electrons. The van der Waals surface area contributed by atoms with E-state index in [4.69, 9.17) is 5.73 Å². The molecular formula is C14H28N4O. The third-order valence-electron chi connectivity index (χ3n) is 3.33. The van der Waals surface area contributed by atoms with Crippen LogP contribution in [0.5, 0.6) is 0 Å². The zero-order valence-electron chi connectivity index (χ0n) is 12.8. The van der Waals surface area contributed by atoms with Crippen molar-refractivity contribution < 1.29 is 5.11 Å². The lowest BCUT2D eigenvalue weighted by molar-refractivity contribution is 0.0174. The lowest BCUT2D eigenvalue weighted by atomic mass is 9.97. The molecule has 0 aliphatic carbocycles. The predicted octanol–water partition coefficient (Wildman–Crippen LogP) is 1.29. The molecule has 0 spiro atoms. The van der Waals surface area contributed by atoms with Crippen LogP contribution in [-0.2, 0) is 7.05 Å². The predicted molar refractivity (Wildman–Crippen MR) is 77.8 cm³/mol. The Morgan fingerprint density at radius 1 is 1.47 bits per heavy atom. The van der Waals surface area contributed by atoms with Crippen molar-refractivity contribution in [1.82, 2.24) is 14.7 Å². The third kappa shape index (κ3) is 4.60. The standard InChI is InChI=1S/C14H28N4O/c1-6-12(15)13(11-8-16-17(5)9-11)18(7-2)10-14(3,4)19/h8-9,12-13,19H,6-7,10,15H2,1-5H3. The lowest BCUT2D eigenvalue weighted by Crippen LogP contribution is -2.46. The molecule has 1 heterocycles. The zero-order chi connectivity index (χ0) is 14.6. The molecule has 0 saturated carbocycles. The molecule has 1 rings (SSSR count). The molecule has 0 radical (unpaired) electrons. The summed E-state index contributed by atoms with van der Waals surface area (Å²) >= 11 is 0. The van der Waals surface area contributed by atoms with Gasteiger partial charge in [0.1, 0.15) is 0 Å². The van der Waals surface area contributed by atoms with Gasteiger partial charge < -0.3 is 10.8 Å². The summed E-state index contributed by atoms with van der Waals surface area (Å²) in [6, 6.07) is 0.127. The van der Waals surface area contributed by atoms with Crippen molar-refractivity contribution >= 4 is 0 Å². The van der Waals surface area contributed by atoms with Gasteiger partial charge >= 0.3 is 0 Å². The van der Waals surface area contributed by atoms with Crippen molar-refractivity contribution in [1.29, 1.82) is 0 Å². The first-order valence-corrected chi connectivity index (χ1v) is 6.99. The van der Waals surface area contributed by atoms with E-state index in [-0.39, 0.29) is 12.1 Å². The molecule has 3 N–H and O–H groups in total. The number of nitrogens with two attached hydrogens (primary N) is 1. The largest absolute Gasteiger partial charge is 0.389 e. The van der Waals surface area contributed by atoms with Crippen LogP contribution < -0.4 is 5.73 Å². The van der Waals surface area contributed by atoms with Crippen molar-refractivity contribution in [2.45, 2.75) is 51.8 Å². The Kier molecular flexibility index (Phi) is 5.52. The summed E-state index contributed by atoms with van der Waals surface area (Å²) in [5.74, 6) is 0. The van der Waals surface area contributed by atoms with Crippen molar-refractivity contribution in [3.05, 3.63) is 18.0 Å². The van der Waals surface area contributed by atoms with E-state index in [1.54, 1.807) is 4.68 Å². The number of hydrogen-bond donors (Lipinski definition) is 2. The molecule has 19 heavy (non-hydrogen) atoms. The minimum Gasteiger partial charge on any atom is -0.389 e. The minimum absolute atomic E-state index is 0.0338. The summed E-state index contributed by atoms with van der Waals surface area (Å²) in [4.78, 5) is 2.23. The molecule has 5 nitrogen and oxygen atoms in total. The van der Waals surface area contributed by atoms with Crippen LogP contribution in [0.25, 0.3) is 0 Å². The summed E-state index contributed by atoms with van der Waals surface area (Å²) in [6.07, 6.45) is 4.77. The van der Waals surface area contributed by atoms with Crippen LogP contribution in [0.3, 0.4) is 0 Å². The van der Waals surface area contributed by atoms with Crippen LogP contribution in [0.4, 0.5) is 0 Å². The molecule has 0 fully saturated rings. The second kappa shape index (κ2) is 6.50. The maximum Gasteiger partial charge on any atom is 0.0718 e. The van der Waals surface area contributed by atoms with Gasteiger partial charge in [-0.05, 0) is 26.8 Å². The van der Waals surface area contributed by atoms with E-state index < -0.39 is 5.60 Å².